The van der Waals surface area contributed by atoms with Crippen LogP contribution in [0, 0.1) is 0 Å². The molecule has 1 aromatic heterocycles. The molecule has 7 nitrogen and oxygen atoms in total. The summed E-state index contributed by atoms with van der Waals surface area (Å²) >= 11 is 0. The summed E-state index contributed by atoms with van der Waals surface area (Å²) in [5, 5.41) is 7.57. The number of carbonyl (C=O) groups is 1. The minimum absolute atomic E-state index is 0.0777. The molecule has 1 aliphatic heterocycles. The van der Waals surface area contributed by atoms with Gasteiger partial charge in [-0.3, -0.25) is 9.89 Å². The lowest BCUT2D eigenvalue weighted by molar-refractivity contribution is 0.0744. The molecule has 35 heavy (non-hydrogen) atoms. The summed E-state index contributed by atoms with van der Waals surface area (Å²) in [5.41, 5.74) is 5.04. The van der Waals surface area contributed by atoms with Crippen LogP contribution in [-0.2, 0) is 6.42 Å². The summed E-state index contributed by atoms with van der Waals surface area (Å²) in [6.45, 7) is 0.549. The molecular formula is C28H27N3O4. The number of ether oxygens (including phenoxy) is 3. The molecule has 1 atom stereocenters. The van der Waals surface area contributed by atoms with E-state index in [-0.39, 0.29) is 11.9 Å². The molecule has 4 aromatic rings. The SMILES string of the molecule is COc1ccc(-c2n[nH]c3c2C(c2ccc(OC)cc2OC)N(CCc2ccccc2)C3=O)cc1. The summed E-state index contributed by atoms with van der Waals surface area (Å²) in [6.07, 6.45) is 0.733. The molecular weight excluding hydrogens is 442 g/mol. The number of nitrogens with one attached hydrogen (secondary N) is 1. The number of H-pyrrole nitrogens is 1. The fourth-order valence-electron chi connectivity index (χ4n) is 4.66. The standard InChI is InChI=1S/C28H27N3O4/c1-33-20-11-9-19(10-12-20)25-24-26(30-29-25)28(32)31(16-15-18-7-5-4-6-8-18)27(24)22-14-13-21(34-2)17-23(22)35-3/h4-14,17,27H,15-16H2,1-3H3,(H,29,30). The van der Waals surface area contributed by atoms with Gasteiger partial charge in [0.15, 0.2) is 0 Å². The lowest BCUT2D eigenvalue weighted by Gasteiger charge is -2.28. The molecule has 0 bridgehead atoms. The zero-order valence-corrected chi connectivity index (χ0v) is 19.9. The van der Waals surface area contributed by atoms with E-state index < -0.39 is 0 Å². The second kappa shape index (κ2) is 9.54. The van der Waals surface area contributed by atoms with E-state index in [1.165, 1.54) is 5.56 Å². The predicted octanol–water partition coefficient (Wildman–Crippen LogP) is 4.89. The van der Waals surface area contributed by atoms with E-state index in [9.17, 15) is 4.79 Å². The van der Waals surface area contributed by atoms with E-state index in [1.807, 2.05) is 65.6 Å². The van der Waals surface area contributed by atoms with E-state index in [0.717, 1.165) is 34.6 Å². The van der Waals surface area contributed by atoms with Crippen molar-refractivity contribution in [1.29, 1.82) is 0 Å². The van der Waals surface area contributed by atoms with Gasteiger partial charge in [0.05, 0.1) is 33.1 Å². The third-order valence-corrected chi connectivity index (χ3v) is 6.45. The molecule has 0 saturated heterocycles. The number of methoxy groups -OCH3 is 3. The predicted molar refractivity (Wildman–Crippen MR) is 133 cm³/mol. The minimum Gasteiger partial charge on any atom is -0.497 e. The zero-order chi connectivity index (χ0) is 24.4. The number of hydrogen-bond donors (Lipinski definition) is 1. The summed E-state index contributed by atoms with van der Waals surface area (Å²) < 4.78 is 16.5. The molecule has 3 aromatic carbocycles. The number of amides is 1. The molecule has 5 rings (SSSR count). The van der Waals surface area contributed by atoms with Crippen LogP contribution in [0.15, 0.2) is 72.8 Å². The zero-order valence-electron chi connectivity index (χ0n) is 19.9. The van der Waals surface area contributed by atoms with Gasteiger partial charge in [-0.15, -0.1) is 0 Å². The van der Waals surface area contributed by atoms with Crippen molar-refractivity contribution < 1.29 is 19.0 Å². The van der Waals surface area contributed by atoms with Crippen LogP contribution in [-0.4, -0.2) is 48.9 Å². The number of hydrogen-bond acceptors (Lipinski definition) is 5. The van der Waals surface area contributed by atoms with Gasteiger partial charge < -0.3 is 19.1 Å². The topological polar surface area (TPSA) is 76.7 Å². The van der Waals surface area contributed by atoms with Gasteiger partial charge in [0.2, 0.25) is 0 Å². The van der Waals surface area contributed by atoms with Crippen molar-refractivity contribution in [2.24, 2.45) is 0 Å². The van der Waals surface area contributed by atoms with E-state index in [1.54, 1.807) is 21.3 Å². The van der Waals surface area contributed by atoms with Gasteiger partial charge in [-0.05, 0) is 48.4 Å². The van der Waals surface area contributed by atoms with Crippen molar-refractivity contribution in [1.82, 2.24) is 15.1 Å². The highest BCUT2D eigenvalue weighted by molar-refractivity contribution is 6.00. The van der Waals surface area contributed by atoms with Crippen molar-refractivity contribution >= 4 is 5.91 Å². The molecule has 0 aliphatic carbocycles. The highest BCUT2D eigenvalue weighted by Gasteiger charge is 2.43. The van der Waals surface area contributed by atoms with Gasteiger partial charge in [0, 0.05) is 29.3 Å². The maximum absolute atomic E-state index is 13.6. The molecule has 0 saturated carbocycles. The molecule has 0 fully saturated rings. The normalized spacial score (nSPS) is 14.7. The van der Waals surface area contributed by atoms with Crippen LogP contribution in [0.2, 0.25) is 0 Å². The monoisotopic (exact) mass is 469 g/mol. The first-order valence-corrected chi connectivity index (χ1v) is 11.4. The Morgan fingerprint density at radius 1 is 0.886 bits per heavy atom. The number of nitrogens with zero attached hydrogens (tertiary/aromatic N) is 2. The van der Waals surface area contributed by atoms with E-state index >= 15 is 0 Å². The van der Waals surface area contributed by atoms with Crippen LogP contribution in [0.3, 0.4) is 0 Å². The molecule has 0 spiro atoms. The Morgan fingerprint density at radius 3 is 2.29 bits per heavy atom. The molecule has 1 amide bonds. The van der Waals surface area contributed by atoms with Crippen molar-refractivity contribution in [2.75, 3.05) is 27.9 Å². The van der Waals surface area contributed by atoms with Crippen LogP contribution < -0.4 is 14.2 Å². The van der Waals surface area contributed by atoms with Crippen LogP contribution >= 0.6 is 0 Å². The fraction of sp³-hybridized carbons (Fsp3) is 0.214. The first-order chi connectivity index (χ1) is 17.1. The molecule has 1 aliphatic rings. The Kier molecular flexibility index (Phi) is 6.14. The number of aromatic nitrogens is 2. The average molecular weight is 470 g/mol. The van der Waals surface area contributed by atoms with Gasteiger partial charge in [-0.1, -0.05) is 30.3 Å². The van der Waals surface area contributed by atoms with Gasteiger partial charge in [-0.25, -0.2) is 0 Å². The lowest BCUT2D eigenvalue weighted by atomic mass is 9.95. The van der Waals surface area contributed by atoms with Gasteiger partial charge in [0.25, 0.3) is 5.91 Å². The van der Waals surface area contributed by atoms with Gasteiger partial charge in [0.1, 0.15) is 22.9 Å². The summed E-state index contributed by atoms with van der Waals surface area (Å²) in [4.78, 5) is 15.5. The quantitative estimate of drug-likeness (QED) is 0.398. The Hall–Kier alpha value is -4.26. The number of carbonyl (C=O) groups excluding carboxylic acids is 1. The fourth-order valence-corrected chi connectivity index (χ4v) is 4.66. The Morgan fingerprint density at radius 2 is 1.60 bits per heavy atom. The molecule has 0 radical (unpaired) electrons. The molecule has 1 unspecified atom stereocenters. The summed E-state index contributed by atoms with van der Waals surface area (Å²) in [6, 6.07) is 23.2. The molecule has 2 heterocycles. The maximum atomic E-state index is 13.6. The van der Waals surface area contributed by atoms with Crippen LogP contribution in [0.5, 0.6) is 17.2 Å². The van der Waals surface area contributed by atoms with Crippen molar-refractivity contribution in [2.45, 2.75) is 12.5 Å². The Labute approximate surface area is 204 Å². The first kappa shape index (κ1) is 22.5. The number of rotatable bonds is 8. The molecule has 7 heteroatoms. The summed E-state index contributed by atoms with van der Waals surface area (Å²) in [7, 11) is 4.89. The maximum Gasteiger partial charge on any atom is 0.273 e. The van der Waals surface area contributed by atoms with Crippen LogP contribution in [0.1, 0.15) is 33.2 Å². The smallest absolute Gasteiger partial charge is 0.273 e. The van der Waals surface area contributed by atoms with Crippen molar-refractivity contribution in [3.63, 3.8) is 0 Å². The van der Waals surface area contributed by atoms with Gasteiger partial charge >= 0.3 is 0 Å². The van der Waals surface area contributed by atoms with E-state index in [4.69, 9.17) is 14.2 Å². The Bertz CT molecular complexity index is 1330. The molecule has 1 N–H and O–H groups in total. The lowest BCUT2D eigenvalue weighted by Crippen LogP contribution is -2.31. The number of aromatic amines is 1. The third-order valence-electron chi connectivity index (χ3n) is 6.45. The third kappa shape index (κ3) is 4.10. The first-order valence-electron chi connectivity index (χ1n) is 11.4. The second-order valence-electron chi connectivity index (χ2n) is 8.33. The van der Waals surface area contributed by atoms with E-state index in [0.29, 0.717) is 23.7 Å². The molecule has 178 valence electrons. The summed E-state index contributed by atoms with van der Waals surface area (Å²) in [5.74, 6) is 2.02. The van der Waals surface area contributed by atoms with Crippen LogP contribution in [0.4, 0.5) is 0 Å². The van der Waals surface area contributed by atoms with Crippen LogP contribution in [0.25, 0.3) is 11.3 Å². The second-order valence-corrected chi connectivity index (χ2v) is 8.33. The number of fused-ring (bicyclic) bond motifs is 1. The van der Waals surface area contributed by atoms with E-state index in [2.05, 4.69) is 22.3 Å². The van der Waals surface area contributed by atoms with Crippen molar-refractivity contribution in [3.05, 3.63) is 95.2 Å². The minimum atomic E-state index is -0.363. The average Bonchev–Trinajstić information content (AvgIpc) is 3.46. The largest absolute Gasteiger partial charge is 0.497 e. The highest BCUT2D eigenvalue weighted by atomic mass is 16.5. The highest BCUT2D eigenvalue weighted by Crippen LogP contribution is 2.46. The Balaban J connectivity index is 1.61. The van der Waals surface area contributed by atoms with Crippen molar-refractivity contribution in [3.8, 4) is 28.5 Å². The van der Waals surface area contributed by atoms with Gasteiger partial charge in [-0.2, -0.15) is 5.10 Å². The number of benzene rings is 3.